The van der Waals surface area contributed by atoms with E-state index in [2.05, 4.69) is 10.6 Å². The van der Waals surface area contributed by atoms with Crippen LogP contribution in [0.25, 0.3) is 0 Å². The minimum absolute atomic E-state index is 0. The van der Waals surface area contributed by atoms with Gasteiger partial charge in [0.1, 0.15) is 85.3 Å². The van der Waals surface area contributed by atoms with E-state index in [0.717, 1.165) is 13.8 Å². The van der Waals surface area contributed by atoms with Crippen molar-refractivity contribution in [1.29, 1.82) is 0 Å². The molecule has 4 fully saturated rings. The van der Waals surface area contributed by atoms with E-state index in [9.17, 15) is 80.5 Å². The Morgan fingerprint density at radius 3 is 1.44 bits per heavy atom. The summed E-state index contributed by atoms with van der Waals surface area (Å²) >= 11 is 0. The van der Waals surface area contributed by atoms with Crippen LogP contribution in [0, 0.1) is 0 Å². The number of carbonyl (C=O) groups excluding carboxylic acids is 2. The van der Waals surface area contributed by atoms with Gasteiger partial charge >= 0.3 is 41.5 Å². The Labute approximate surface area is 328 Å². The molecule has 4 aliphatic rings. The van der Waals surface area contributed by atoms with Gasteiger partial charge in [-0.2, -0.15) is 0 Å². The molecule has 0 spiro atoms. The normalized spacial score (nSPS) is 45.4. The summed E-state index contributed by atoms with van der Waals surface area (Å²) in [4.78, 5) is 48.2. The SMILES string of the molecule is CC(=O)NC1C(O)OC(CO)C(O)C1OC1OC(C(=O)O)C(OC2OC(CO)C(O)C(OC3OC(C(=O)O)C(O)C(O)C3O)C2NC(C)=O)C(O)C1O.[H-].[Na+]. The molecular weight excluding hydrogens is 755 g/mol. The zero-order valence-electron chi connectivity index (χ0n) is 29.8. The summed E-state index contributed by atoms with van der Waals surface area (Å²) in [5.41, 5.74) is 0. The zero-order valence-corrected chi connectivity index (χ0v) is 30.8. The molecule has 14 N–H and O–H groups in total. The van der Waals surface area contributed by atoms with Crippen molar-refractivity contribution in [3.05, 3.63) is 0 Å². The van der Waals surface area contributed by atoms with Crippen LogP contribution in [-0.4, -0.2) is 221 Å². The van der Waals surface area contributed by atoms with E-state index in [1.165, 1.54) is 0 Å². The van der Waals surface area contributed by atoms with Crippen molar-refractivity contribution >= 4 is 23.8 Å². The second-order valence-corrected chi connectivity index (χ2v) is 12.7. The number of rotatable bonds is 12. The number of carboxylic acids is 2. The van der Waals surface area contributed by atoms with Gasteiger partial charge in [0, 0.05) is 13.8 Å². The number of amides is 2. The first-order valence-corrected chi connectivity index (χ1v) is 16.1. The van der Waals surface area contributed by atoms with Crippen molar-refractivity contribution in [3.63, 3.8) is 0 Å². The molecule has 4 rings (SSSR count). The second kappa shape index (κ2) is 19.6. The molecule has 54 heavy (non-hydrogen) atoms. The first-order chi connectivity index (χ1) is 24.8. The van der Waals surface area contributed by atoms with Crippen LogP contribution in [-0.2, 0) is 52.3 Å². The van der Waals surface area contributed by atoms with E-state index < -0.39 is 160 Å². The fourth-order valence-corrected chi connectivity index (χ4v) is 6.30. The van der Waals surface area contributed by atoms with Crippen LogP contribution in [0.4, 0.5) is 0 Å². The topological polar surface area (TPSA) is 400 Å². The Morgan fingerprint density at radius 2 is 0.963 bits per heavy atom. The summed E-state index contributed by atoms with van der Waals surface area (Å²) < 4.78 is 38.0. The fraction of sp³-hybridized carbons (Fsp3) is 0.857. The Hall–Kier alpha value is -1.80. The molecule has 25 nitrogen and oxygen atoms in total. The molecule has 20 atom stereocenters. The predicted octanol–water partition coefficient (Wildman–Crippen LogP) is -12.2. The Kier molecular flexibility index (Phi) is 16.9. The standard InChI is InChI=1S/C28H44N2O23.Na.H/c1-5(33)29-9-18(11(35)7(3-31)47-25(9)46)49-28-17(41)15(39)20(22(53-28)24(44)45)51-26-10(30-6(2)34)19(12(36)8(4-32)48-26)50-27-16(40)13(37)14(38)21(52-27)23(42)43;;/h7-22,25-28,31-32,35-41,46H,3-4H2,1-2H3,(H,29,33)(H,30,34)(H,42,43)(H,44,45);;/q;+1;-1. The van der Waals surface area contributed by atoms with Crippen LogP contribution in [0.15, 0.2) is 0 Å². The Morgan fingerprint density at radius 1 is 0.537 bits per heavy atom. The number of aliphatic hydroxyl groups excluding tert-OH is 10. The van der Waals surface area contributed by atoms with Crippen molar-refractivity contribution in [2.45, 2.75) is 137 Å². The first kappa shape index (κ1) is 46.6. The van der Waals surface area contributed by atoms with Crippen LogP contribution >= 0.6 is 0 Å². The molecule has 0 radical (unpaired) electrons. The number of ether oxygens (including phenoxy) is 7. The van der Waals surface area contributed by atoms with Gasteiger partial charge in [-0.25, -0.2) is 9.59 Å². The average molecular weight is 801 g/mol. The van der Waals surface area contributed by atoms with Crippen molar-refractivity contribution in [3.8, 4) is 0 Å². The van der Waals surface area contributed by atoms with E-state index in [0.29, 0.717) is 0 Å². The summed E-state index contributed by atoms with van der Waals surface area (Å²) in [7, 11) is 0. The maximum atomic E-state index is 12.5. The summed E-state index contributed by atoms with van der Waals surface area (Å²) in [6, 6.07) is -3.38. The number of carboxylic acid groups (broad SMARTS) is 2. The molecule has 0 aromatic carbocycles. The number of hydrogen-bond donors (Lipinski definition) is 14. The van der Waals surface area contributed by atoms with E-state index in [4.69, 9.17) is 33.2 Å². The summed E-state index contributed by atoms with van der Waals surface area (Å²) in [6.45, 7) is 0.116. The van der Waals surface area contributed by atoms with Gasteiger partial charge in [0.15, 0.2) is 37.4 Å². The van der Waals surface area contributed by atoms with E-state index in [-0.39, 0.29) is 31.0 Å². The van der Waals surface area contributed by atoms with Crippen LogP contribution in [0.3, 0.4) is 0 Å². The van der Waals surface area contributed by atoms with E-state index >= 15 is 0 Å². The molecule has 0 saturated carbocycles. The van der Waals surface area contributed by atoms with Gasteiger partial charge in [-0.05, 0) is 0 Å². The third-order valence-corrected chi connectivity index (χ3v) is 8.94. The molecule has 26 heteroatoms. The zero-order chi connectivity index (χ0) is 39.6. The van der Waals surface area contributed by atoms with Gasteiger partial charge in [-0.15, -0.1) is 0 Å². The molecule has 2 amide bonds. The van der Waals surface area contributed by atoms with Crippen LogP contribution in [0.1, 0.15) is 15.3 Å². The van der Waals surface area contributed by atoms with E-state index in [1.807, 2.05) is 0 Å². The Balaban J connectivity index is 0.00000523. The number of carbonyl (C=O) groups is 4. The predicted molar refractivity (Wildman–Crippen MR) is 159 cm³/mol. The summed E-state index contributed by atoms with van der Waals surface area (Å²) in [5, 5.41) is 129. The average Bonchev–Trinajstić information content (AvgIpc) is 3.08. The molecule has 0 aliphatic carbocycles. The molecule has 4 saturated heterocycles. The molecule has 0 aromatic rings. The second-order valence-electron chi connectivity index (χ2n) is 12.7. The number of aliphatic hydroxyl groups is 10. The maximum Gasteiger partial charge on any atom is 1.00 e. The quantitative estimate of drug-likeness (QED) is 0.0815. The minimum atomic E-state index is -2.30. The Bertz CT molecular complexity index is 1310. The first-order valence-electron chi connectivity index (χ1n) is 16.1. The smallest absolute Gasteiger partial charge is 1.00 e. The maximum absolute atomic E-state index is 12.5. The molecular formula is C28H45N2NaO23. The molecule has 4 heterocycles. The largest absolute Gasteiger partial charge is 1.00 e. The van der Waals surface area contributed by atoms with Gasteiger partial charge in [-0.3, -0.25) is 9.59 Å². The summed E-state index contributed by atoms with van der Waals surface area (Å²) in [6.07, 6.45) is -36.5. The molecule has 20 unspecified atom stereocenters. The van der Waals surface area contributed by atoms with Crippen molar-refractivity contribution < 1.29 is 145 Å². The van der Waals surface area contributed by atoms with Crippen LogP contribution in [0.5, 0.6) is 0 Å². The number of aliphatic carboxylic acids is 2. The van der Waals surface area contributed by atoms with Gasteiger partial charge in [0.2, 0.25) is 11.8 Å². The number of hydrogen-bond acceptors (Lipinski definition) is 21. The van der Waals surface area contributed by atoms with Gasteiger partial charge in [-0.1, -0.05) is 0 Å². The monoisotopic (exact) mass is 800 g/mol. The van der Waals surface area contributed by atoms with Crippen molar-refractivity contribution in [1.82, 2.24) is 10.6 Å². The minimum Gasteiger partial charge on any atom is -1.00 e. The fourth-order valence-electron chi connectivity index (χ4n) is 6.30. The molecule has 4 aliphatic heterocycles. The summed E-state index contributed by atoms with van der Waals surface area (Å²) in [5.74, 6) is -5.28. The van der Waals surface area contributed by atoms with Gasteiger partial charge in [0.25, 0.3) is 0 Å². The van der Waals surface area contributed by atoms with Crippen LogP contribution in [0.2, 0.25) is 0 Å². The third-order valence-electron chi connectivity index (χ3n) is 8.94. The van der Waals surface area contributed by atoms with Crippen LogP contribution < -0.4 is 40.2 Å². The number of nitrogens with one attached hydrogen (secondary N) is 2. The van der Waals surface area contributed by atoms with E-state index in [1.54, 1.807) is 0 Å². The van der Waals surface area contributed by atoms with Crippen molar-refractivity contribution in [2.24, 2.45) is 0 Å². The molecule has 0 aromatic heterocycles. The van der Waals surface area contributed by atoms with Gasteiger partial charge < -0.3 is 106 Å². The third kappa shape index (κ3) is 10.0. The molecule has 0 bridgehead atoms. The van der Waals surface area contributed by atoms with Gasteiger partial charge in [0.05, 0.1) is 13.2 Å². The van der Waals surface area contributed by atoms with Crippen molar-refractivity contribution in [2.75, 3.05) is 13.2 Å². The molecule has 306 valence electrons.